The van der Waals surface area contributed by atoms with Crippen LogP contribution >= 0.6 is 11.6 Å². The van der Waals surface area contributed by atoms with E-state index in [2.05, 4.69) is 20.4 Å². The van der Waals surface area contributed by atoms with Crippen LogP contribution in [0.5, 0.6) is 0 Å². The van der Waals surface area contributed by atoms with Gasteiger partial charge in [-0.1, -0.05) is 11.6 Å². The van der Waals surface area contributed by atoms with E-state index in [1.54, 1.807) is 24.5 Å². The minimum Gasteiger partial charge on any atom is -0.306 e. The monoisotopic (exact) mass is 317 g/mol. The predicted molar refractivity (Wildman–Crippen MR) is 78.5 cm³/mol. The summed E-state index contributed by atoms with van der Waals surface area (Å²) >= 11 is 5.86. The first-order valence-electron chi connectivity index (χ1n) is 6.22. The summed E-state index contributed by atoms with van der Waals surface area (Å²) in [5.41, 5.74) is 0.155. The molecule has 6 nitrogen and oxygen atoms in total. The van der Waals surface area contributed by atoms with E-state index in [0.717, 1.165) is 12.1 Å². The Hall–Kier alpha value is -2.80. The van der Waals surface area contributed by atoms with Gasteiger partial charge >= 0.3 is 0 Å². The Morgan fingerprint density at radius 1 is 1.27 bits per heavy atom. The Morgan fingerprint density at radius 3 is 2.86 bits per heavy atom. The summed E-state index contributed by atoms with van der Waals surface area (Å²) in [5, 5.41) is 6.65. The quantitative estimate of drug-likeness (QED) is 0.806. The van der Waals surface area contributed by atoms with E-state index < -0.39 is 11.7 Å². The second-order valence-corrected chi connectivity index (χ2v) is 4.70. The normalized spacial score (nSPS) is 10.5. The van der Waals surface area contributed by atoms with Crippen LogP contribution in [0, 0.1) is 5.82 Å². The van der Waals surface area contributed by atoms with Crippen molar-refractivity contribution in [2.45, 2.75) is 0 Å². The van der Waals surface area contributed by atoms with Crippen molar-refractivity contribution in [3.63, 3.8) is 0 Å². The molecule has 3 rings (SSSR count). The molecule has 0 saturated carbocycles. The first kappa shape index (κ1) is 14.2. The van der Waals surface area contributed by atoms with Gasteiger partial charge in [0.25, 0.3) is 5.91 Å². The fourth-order valence-electron chi connectivity index (χ4n) is 1.80. The van der Waals surface area contributed by atoms with E-state index >= 15 is 0 Å². The zero-order chi connectivity index (χ0) is 15.5. The summed E-state index contributed by atoms with van der Waals surface area (Å²) in [4.78, 5) is 20.2. The molecule has 0 unspecified atom stereocenters. The molecule has 110 valence electrons. The Kier molecular flexibility index (Phi) is 3.80. The molecule has 1 amide bonds. The van der Waals surface area contributed by atoms with Crippen LogP contribution in [0.15, 0.2) is 49.1 Å². The van der Waals surface area contributed by atoms with Crippen molar-refractivity contribution in [2.75, 3.05) is 5.32 Å². The molecular formula is C14H9ClFN5O. The highest BCUT2D eigenvalue weighted by molar-refractivity contribution is 6.34. The second-order valence-electron chi connectivity index (χ2n) is 4.29. The van der Waals surface area contributed by atoms with Crippen LogP contribution in [0.2, 0.25) is 5.02 Å². The number of nitrogens with zero attached hydrogens (tertiary/aromatic N) is 4. The predicted octanol–water partition coefficient (Wildman–Crippen LogP) is 2.71. The molecule has 3 aromatic rings. The smallest absolute Gasteiger partial charge is 0.258 e. The van der Waals surface area contributed by atoms with Gasteiger partial charge in [-0.25, -0.2) is 19.0 Å². The van der Waals surface area contributed by atoms with Gasteiger partial charge < -0.3 is 5.32 Å². The van der Waals surface area contributed by atoms with E-state index in [-0.39, 0.29) is 16.4 Å². The molecule has 1 N–H and O–H groups in total. The molecule has 0 aliphatic heterocycles. The van der Waals surface area contributed by atoms with Crippen LogP contribution in [0.25, 0.3) is 5.82 Å². The largest absolute Gasteiger partial charge is 0.306 e. The minimum absolute atomic E-state index is 0.0267. The topological polar surface area (TPSA) is 72.7 Å². The molecule has 0 saturated heterocycles. The van der Waals surface area contributed by atoms with Crippen LogP contribution in [-0.2, 0) is 0 Å². The lowest BCUT2D eigenvalue weighted by Crippen LogP contribution is -2.14. The Bertz CT molecular complexity index is 822. The molecule has 0 aliphatic rings. The molecule has 22 heavy (non-hydrogen) atoms. The maximum Gasteiger partial charge on any atom is 0.258 e. The second kappa shape index (κ2) is 5.90. The van der Waals surface area contributed by atoms with Gasteiger partial charge in [0.15, 0.2) is 5.82 Å². The Morgan fingerprint density at radius 2 is 2.14 bits per heavy atom. The van der Waals surface area contributed by atoms with Crippen molar-refractivity contribution in [2.24, 2.45) is 0 Å². The highest BCUT2D eigenvalue weighted by Gasteiger charge is 2.12. The van der Waals surface area contributed by atoms with Gasteiger partial charge in [0.1, 0.15) is 18.0 Å². The van der Waals surface area contributed by atoms with E-state index in [0.29, 0.717) is 5.82 Å². The van der Waals surface area contributed by atoms with Crippen molar-refractivity contribution in [1.29, 1.82) is 0 Å². The van der Waals surface area contributed by atoms with E-state index in [9.17, 15) is 9.18 Å². The molecule has 2 heterocycles. The number of hydrogen-bond donors (Lipinski definition) is 1. The first-order chi connectivity index (χ1) is 10.6. The summed E-state index contributed by atoms with van der Waals surface area (Å²) in [6.45, 7) is 0. The van der Waals surface area contributed by atoms with Gasteiger partial charge in [-0.3, -0.25) is 4.79 Å². The van der Waals surface area contributed by atoms with Crippen LogP contribution in [0.4, 0.5) is 10.2 Å². The molecule has 0 fully saturated rings. The average Bonchev–Trinajstić information content (AvgIpc) is 3.01. The zero-order valence-electron chi connectivity index (χ0n) is 11.1. The average molecular weight is 318 g/mol. The molecule has 2 aromatic heterocycles. The SMILES string of the molecule is O=C(Nc1cc(-n2cccn2)ncn1)c1ccc(F)cc1Cl. The number of anilines is 1. The molecule has 0 aliphatic carbocycles. The van der Waals surface area contributed by atoms with Crippen molar-refractivity contribution >= 4 is 23.3 Å². The van der Waals surface area contributed by atoms with Crippen LogP contribution in [0.1, 0.15) is 10.4 Å². The number of amides is 1. The number of rotatable bonds is 3. The summed E-state index contributed by atoms with van der Waals surface area (Å²) in [6, 6.07) is 6.85. The van der Waals surface area contributed by atoms with Gasteiger partial charge in [0.2, 0.25) is 0 Å². The van der Waals surface area contributed by atoms with Crippen molar-refractivity contribution in [3.05, 3.63) is 65.5 Å². The summed E-state index contributed by atoms with van der Waals surface area (Å²) in [5.74, 6) is -0.217. The van der Waals surface area contributed by atoms with Gasteiger partial charge in [0.05, 0.1) is 10.6 Å². The molecule has 0 bridgehead atoms. The number of carbonyl (C=O) groups is 1. The molecular weight excluding hydrogens is 309 g/mol. The van der Waals surface area contributed by atoms with Gasteiger partial charge in [0, 0.05) is 18.5 Å². The van der Waals surface area contributed by atoms with Crippen molar-refractivity contribution < 1.29 is 9.18 Å². The molecule has 1 aromatic carbocycles. The molecule has 0 radical (unpaired) electrons. The summed E-state index contributed by atoms with van der Waals surface area (Å²) in [6.07, 6.45) is 4.63. The third-order valence-electron chi connectivity index (χ3n) is 2.81. The maximum absolute atomic E-state index is 13.0. The molecule has 0 spiro atoms. The van der Waals surface area contributed by atoms with Gasteiger partial charge in [-0.15, -0.1) is 0 Å². The van der Waals surface area contributed by atoms with Gasteiger partial charge in [-0.2, -0.15) is 5.10 Å². The standard InChI is InChI=1S/C14H9ClFN5O/c15-11-6-9(16)2-3-10(11)14(22)20-12-7-13(18-8-17-12)21-5-1-4-19-21/h1-8H,(H,17,18,20,22). The fraction of sp³-hybridized carbons (Fsp3) is 0. The zero-order valence-corrected chi connectivity index (χ0v) is 11.8. The number of benzene rings is 1. The van der Waals surface area contributed by atoms with Crippen LogP contribution in [0.3, 0.4) is 0 Å². The van der Waals surface area contributed by atoms with E-state index in [1.165, 1.54) is 17.1 Å². The lowest BCUT2D eigenvalue weighted by molar-refractivity contribution is 0.102. The highest BCUT2D eigenvalue weighted by atomic mass is 35.5. The number of carbonyl (C=O) groups excluding carboxylic acids is 1. The first-order valence-corrected chi connectivity index (χ1v) is 6.60. The molecule has 0 atom stereocenters. The Labute approximate surface area is 129 Å². The van der Waals surface area contributed by atoms with Crippen molar-refractivity contribution in [1.82, 2.24) is 19.7 Å². The summed E-state index contributed by atoms with van der Waals surface area (Å²) in [7, 11) is 0. The highest BCUT2D eigenvalue weighted by Crippen LogP contribution is 2.18. The number of hydrogen-bond acceptors (Lipinski definition) is 4. The lowest BCUT2D eigenvalue weighted by atomic mass is 10.2. The van der Waals surface area contributed by atoms with Crippen molar-refractivity contribution in [3.8, 4) is 5.82 Å². The maximum atomic E-state index is 13.0. The number of halogens is 2. The van der Waals surface area contributed by atoms with Crippen LogP contribution < -0.4 is 5.32 Å². The number of nitrogens with one attached hydrogen (secondary N) is 1. The third kappa shape index (κ3) is 2.94. The van der Waals surface area contributed by atoms with Crippen LogP contribution in [-0.4, -0.2) is 25.7 Å². The van der Waals surface area contributed by atoms with E-state index in [4.69, 9.17) is 11.6 Å². The van der Waals surface area contributed by atoms with Gasteiger partial charge in [-0.05, 0) is 24.3 Å². The fourth-order valence-corrected chi connectivity index (χ4v) is 2.06. The molecule has 8 heteroatoms. The Balaban J connectivity index is 1.84. The minimum atomic E-state index is -0.510. The summed E-state index contributed by atoms with van der Waals surface area (Å²) < 4.78 is 14.5. The van der Waals surface area contributed by atoms with E-state index in [1.807, 2.05) is 0 Å². The lowest BCUT2D eigenvalue weighted by Gasteiger charge is -2.07. The third-order valence-corrected chi connectivity index (χ3v) is 3.12. The number of aromatic nitrogens is 4.